The fourth-order valence-corrected chi connectivity index (χ4v) is 4.07. The smallest absolute Gasteiger partial charge is 0.00472 e. The van der Waals surface area contributed by atoms with Crippen molar-refractivity contribution in [2.75, 3.05) is 33.2 Å². The Morgan fingerprint density at radius 2 is 1.80 bits per heavy atom. The van der Waals surface area contributed by atoms with E-state index in [1.54, 1.807) is 0 Å². The fraction of sp³-hybridized carbons (Fsp3) is 1.00. The van der Waals surface area contributed by atoms with Gasteiger partial charge in [-0.1, -0.05) is 39.5 Å². The summed E-state index contributed by atoms with van der Waals surface area (Å²) >= 11 is 0. The minimum absolute atomic E-state index is 0.561. The first kappa shape index (κ1) is 16.3. The van der Waals surface area contributed by atoms with Crippen LogP contribution in [0.1, 0.15) is 65.2 Å². The normalized spacial score (nSPS) is 23.2. The molecule has 0 aliphatic heterocycles. The van der Waals surface area contributed by atoms with E-state index >= 15 is 0 Å². The maximum absolute atomic E-state index is 3.76. The van der Waals surface area contributed by atoms with Crippen molar-refractivity contribution in [2.24, 2.45) is 17.3 Å². The maximum Gasteiger partial charge on any atom is 0.00472 e. The van der Waals surface area contributed by atoms with Gasteiger partial charge < -0.3 is 10.2 Å². The summed E-state index contributed by atoms with van der Waals surface area (Å²) in [7, 11) is 2.36. The number of hydrogen-bond donors (Lipinski definition) is 1. The van der Waals surface area contributed by atoms with Gasteiger partial charge in [0.05, 0.1) is 0 Å². The standard InChI is InChI=1S/C18H36N2/c1-16(2)12-19-14-18(10-5-4-6-11-18)15-20(3)13-17-8-7-9-17/h16-17,19H,4-15H2,1-3H3. The molecule has 2 fully saturated rings. The Morgan fingerprint density at radius 3 is 2.35 bits per heavy atom. The third-order valence-corrected chi connectivity index (χ3v) is 5.37. The SMILES string of the molecule is CC(C)CNCC1(CN(C)CC2CCC2)CCCCC1. The van der Waals surface area contributed by atoms with Crippen molar-refractivity contribution in [2.45, 2.75) is 65.2 Å². The van der Waals surface area contributed by atoms with Crippen molar-refractivity contribution in [1.29, 1.82) is 0 Å². The van der Waals surface area contributed by atoms with Crippen LogP contribution in [0.15, 0.2) is 0 Å². The average molecular weight is 280 g/mol. The zero-order chi connectivity index (χ0) is 14.4. The topological polar surface area (TPSA) is 15.3 Å². The van der Waals surface area contributed by atoms with Crippen LogP contribution in [0, 0.1) is 17.3 Å². The second kappa shape index (κ2) is 7.79. The number of nitrogens with zero attached hydrogens (tertiary/aromatic N) is 1. The van der Waals surface area contributed by atoms with Gasteiger partial charge in [0.1, 0.15) is 0 Å². The van der Waals surface area contributed by atoms with E-state index in [4.69, 9.17) is 0 Å². The molecule has 0 saturated heterocycles. The summed E-state index contributed by atoms with van der Waals surface area (Å²) in [6.07, 6.45) is 11.6. The lowest BCUT2D eigenvalue weighted by Gasteiger charge is -2.42. The van der Waals surface area contributed by atoms with E-state index in [1.807, 2.05) is 0 Å². The van der Waals surface area contributed by atoms with Gasteiger partial charge in [-0.15, -0.1) is 0 Å². The number of hydrogen-bond acceptors (Lipinski definition) is 2. The van der Waals surface area contributed by atoms with Gasteiger partial charge >= 0.3 is 0 Å². The van der Waals surface area contributed by atoms with Gasteiger partial charge in [-0.05, 0) is 56.5 Å². The maximum atomic E-state index is 3.76. The van der Waals surface area contributed by atoms with E-state index in [9.17, 15) is 0 Å². The van der Waals surface area contributed by atoms with Gasteiger partial charge in [0.2, 0.25) is 0 Å². The highest BCUT2D eigenvalue weighted by Gasteiger charge is 2.33. The Kier molecular flexibility index (Phi) is 6.35. The van der Waals surface area contributed by atoms with Crippen molar-refractivity contribution < 1.29 is 0 Å². The summed E-state index contributed by atoms with van der Waals surface area (Å²) in [4.78, 5) is 2.65. The molecule has 2 nitrogen and oxygen atoms in total. The van der Waals surface area contributed by atoms with Gasteiger partial charge in [0.25, 0.3) is 0 Å². The Morgan fingerprint density at radius 1 is 1.10 bits per heavy atom. The molecule has 0 radical (unpaired) electrons. The summed E-state index contributed by atoms with van der Waals surface area (Å²) in [5.74, 6) is 1.77. The second-order valence-corrected chi connectivity index (χ2v) is 8.08. The molecule has 2 heteroatoms. The predicted octanol–water partition coefficient (Wildman–Crippen LogP) is 3.91. The van der Waals surface area contributed by atoms with Gasteiger partial charge in [0.15, 0.2) is 0 Å². The van der Waals surface area contributed by atoms with Gasteiger partial charge in [0, 0.05) is 19.6 Å². The van der Waals surface area contributed by atoms with Crippen LogP contribution in [0.2, 0.25) is 0 Å². The molecule has 0 unspecified atom stereocenters. The van der Waals surface area contributed by atoms with E-state index < -0.39 is 0 Å². The second-order valence-electron chi connectivity index (χ2n) is 8.08. The molecule has 0 amide bonds. The zero-order valence-corrected chi connectivity index (χ0v) is 14.1. The summed E-state index contributed by atoms with van der Waals surface area (Å²) < 4.78 is 0. The highest BCUT2D eigenvalue weighted by Crippen LogP contribution is 2.37. The molecule has 2 aliphatic rings. The molecule has 0 aromatic heterocycles. The van der Waals surface area contributed by atoms with E-state index in [1.165, 1.54) is 77.5 Å². The number of nitrogens with one attached hydrogen (secondary N) is 1. The summed E-state index contributed by atoms with van der Waals surface area (Å²) in [5.41, 5.74) is 0.561. The Balaban J connectivity index is 1.81. The lowest BCUT2D eigenvalue weighted by molar-refractivity contribution is 0.0956. The van der Waals surface area contributed by atoms with Crippen LogP contribution in [-0.2, 0) is 0 Å². The molecule has 20 heavy (non-hydrogen) atoms. The highest BCUT2D eigenvalue weighted by molar-refractivity contribution is 4.88. The molecule has 2 aliphatic carbocycles. The first-order valence-electron chi connectivity index (χ1n) is 8.99. The van der Waals surface area contributed by atoms with Crippen LogP contribution in [0.5, 0.6) is 0 Å². The highest BCUT2D eigenvalue weighted by atomic mass is 15.1. The van der Waals surface area contributed by atoms with E-state index in [0.29, 0.717) is 5.41 Å². The van der Waals surface area contributed by atoms with E-state index in [2.05, 4.69) is 31.1 Å². The minimum Gasteiger partial charge on any atom is -0.316 e. The van der Waals surface area contributed by atoms with Crippen LogP contribution in [0.3, 0.4) is 0 Å². The molecular formula is C18H36N2. The van der Waals surface area contributed by atoms with Gasteiger partial charge in [-0.3, -0.25) is 0 Å². The summed E-state index contributed by atoms with van der Waals surface area (Å²) in [5, 5.41) is 3.76. The Labute approximate surface area is 126 Å². The van der Waals surface area contributed by atoms with Crippen molar-refractivity contribution in [1.82, 2.24) is 10.2 Å². The predicted molar refractivity (Wildman–Crippen MR) is 88.1 cm³/mol. The van der Waals surface area contributed by atoms with Gasteiger partial charge in [-0.2, -0.15) is 0 Å². The first-order chi connectivity index (χ1) is 9.60. The van der Waals surface area contributed by atoms with Crippen molar-refractivity contribution >= 4 is 0 Å². The molecule has 2 saturated carbocycles. The quantitative estimate of drug-likeness (QED) is 0.725. The fourth-order valence-electron chi connectivity index (χ4n) is 4.07. The van der Waals surface area contributed by atoms with Crippen LogP contribution < -0.4 is 5.32 Å². The van der Waals surface area contributed by atoms with Crippen LogP contribution in [-0.4, -0.2) is 38.1 Å². The monoisotopic (exact) mass is 280 g/mol. The van der Waals surface area contributed by atoms with E-state index in [-0.39, 0.29) is 0 Å². The van der Waals surface area contributed by atoms with Crippen molar-refractivity contribution in [3.05, 3.63) is 0 Å². The molecule has 0 bridgehead atoms. The Bertz CT molecular complexity index is 265. The van der Waals surface area contributed by atoms with Crippen molar-refractivity contribution in [3.8, 4) is 0 Å². The average Bonchev–Trinajstić information content (AvgIpc) is 2.34. The zero-order valence-electron chi connectivity index (χ0n) is 14.1. The third kappa shape index (κ3) is 5.04. The van der Waals surface area contributed by atoms with E-state index in [0.717, 1.165) is 11.8 Å². The minimum atomic E-state index is 0.561. The molecule has 0 aromatic rings. The van der Waals surface area contributed by atoms with Crippen LogP contribution in [0.4, 0.5) is 0 Å². The largest absolute Gasteiger partial charge is 0.316 e. The molecule has 0 atom stereocenters. The molecule has 2 rings (SSSR count). The number of rotatable bonds is 8. The van der Waals surface area contributed by atoms with Crippen molar-refractivity contribution in [3.63, 3.8) is 0 Å². The molecule has 0 heterocycles. The molecule has 118 valence electrons. The first-order valence-corrected chi connectivity index (χ1v) is 8.99. The molecular weight excluding hydrogens is 244 g/mol. The summed E-state index contributed by atoms with van der Waals surface area (Å²) in [6, 6.07) is 0. The lowest BCUT2D eigenvalue weighted by Crippen LogP contribution is -2.46. The molecule has 1 N–H and O–H groups in total. The van der Waals surface area contributed by atoms with Crippen LogP contribution in [0.25, 0.3) is 0 Å². The molecule has 0 spiro atoms. The Hall–Kier alpha value is -0.0800. The van der Waals surface area contributed by atoms with Crippen LogP contribution >= 0.6 is 0 Å². The lowest BCUT2D eigenvalue weighted by atomic mass is 9.73. The third-order valence-electron chi connectivity index (χ3n) is 5.37. The summed E-state index contributed by atoms with van der Waals surface area (Å²) in [6.45, 7) is 9.68. The van der Waals surface area contributed by atoms with Gasteiger partial charge in [-0.25, -0.2) is 0 Å². The molecule has 0 aromatic carbocycles.